The van der Waals surface area contributed by atoms with Crippen LogP contribution in [0.25, 0.3) is 0 Å². The van der Waals surface area contributed by atoms with E-state index in [1.165, 1.54) is 5.69 Å². The summed E-state index contributed by atoms with van der Waals surface area (Å²) >= 11 is 6.96. The third-order valence-electron chi connectivity index (χ3n) is 3.18. The third kappa shape index (κ3) is 4.14. The highest BCUT2D eigenvalue weighted by Crippen LogP contribution is 2.34. The second-order valence-electron chi connectivity index (χ2n) is 4.46. The third-order valence-corrected chi connectivity index (χ3v) is 4.46. The van der Waals surface area contributed by atoms with Crippen LogP contribution in [-0.4, -0.2) is 13.1 Å². The van der Waals surface area contributed by atoms with Crippen LogP contribution in [-0.2, 0) is 0 Å². The Labute approximate surface area is 142 Å². The van der Waals surface area contributed by atoms with E-state index in [0.717, 1.165) is 33.4 Å². The van der Waals surface area contributed by atoms with E-state index in [-0.39, 0.29) is 0 Å². The molecule has 0 aliphatic rings. The van der Waals surface area contributed by atoms with Crippen LogP contribution in [0, 0.1) is 0 Å². The molecule has 2 rings (SSSR count). The second kappa shape index (κ2) is 7.71. The number of benzene rings is 2. The van der Waals surface area contributed by atoms with Gasteiger partial charge in [-0.1, -0.05) is 6.07 Å². The van der Waals surface area contributed by atoms with Crippen LogP contribution in [0.15, 0.2) is 61.6 Å². The fourth-order valence-corrected chi connectivity index (χ4v) is 3.17. The van der Waals surface area contributed by atoms with Crippen molar-refractivity contribution < 1.29 is 0 Å². The van der Waals surface area contributed by atoms with Gasteiger partial charge in [0.25, 0.3) is 0 Å². The lowest BCUT2D eigenvalue weighted by molar-refractivity contribution is 0.866. The van der Waals surface area contributed by atoms with E-state index in [4.69, 9.17) is 0 Å². The molecular weight excluding hydrogens is 394 g/mol. The minimum Gasteiger partial charge on any atom is -0.372 e. The van der Waals surface area contributed by atoms with Gasteiger partial charge < -0.3 is 4.90 Å². The first-order valence-corrected chi connectivity index (χ1v) is 8.45. The summed E-state index contributed by atoms with van der Waals surface area (Å²) in [5.41, 5.74) is 2.85. The average Bonchev–Trinajstić information content (AvgIpc) is 2.49. The van der Waals surface area contributed by atoms with Crippen molar-refractivity contribution in [1.82, 2.24) is 0 Å². The molecule has 0 radical (unpaired) electrons. The number of halogens is 2. The van der Waals surface area contributed by atoms with Crippen LogP contribution < -0.4 is 4.90 Å². The summed E-state index contributed by atoms with van der Waals surface area (Å²) in [6.07, 6.45) is 0. The lowest BCUT2D eigenvalue weighted by atomic mass is 10.2. The first kappa shape index (κ1) is 16.2. The van der Waals surface area contributed by atoms with Crippen LogP contribution >= 0.6 is 31.9 Å². The maximum atomic E-state index is 4.31. The van der Waals surface area contributed by atoms with Crippen molar-refractivity contribution in [1.29, 1.82) is 0 Å². The number of hydrogen-bond acceptors (Lipinski definition) is 3. The van der Waals surface area contributed by atoms with Crippen LogP contribution in [0.5, 0.6) is 0 Å². The molecule has 5 heteroatoms. The number of rotatable bonds is 5. The topological polar surface area (TPSA) is 28.0 Å². The van der Waals surface area contributed by atoms with Gasteiger partial charge in [-0.3, -0.25) is 0 Å². The zero-order chi connectivity index (χ0) is 15.2. The van der Waals surface area contributed by atoms with Gasteiger partial charge in [-0.05, 0) is 82.1 Å². The molecule has 0 saturated heterocycles. The Morgan fingerprint density at radius 1 is 0.857 bits per heavy atom. The molecule has 0 atom stereocenters. The zero-order valence-corrected chi connectivity index (χ0v) is 15.2. The van der Waals surface area contributed by atoms with Gasteiger partial charge in [0.2, 0.25) is 0 Å². The van der Waals surface area contributed by atoms with Gasteiger partial charge in [-0.25, -0.2) is 0 Å². The van der Waals surface area contributed by atoms with Crippen LogP contribution in [0.1, 0.15) is 13.8 Å². The van der Waals surface area contributed by atoms with Crippen LogP contribution in [0.2, 0.25) is 0 Å². The summed E-state index contributed by atoms with van der Waals surface area (Å²) in [7, 11) is 0. The Balaban J connectivity index is 2.19. The van der Waals surface area contributed by atoms with Crippen molar-refractivity contribution in [2.24, 2.45) is 10.2 Å². The Morgan fingerprint density at radius 3 is 1.95 bits per heavy atom. The van der Waals surface area contributed by atoms with Crippen molar-refractivity contribution in [3.63, 3.8) is 0 Å². The van der Waals surface area contributed by atoms with Gasteiger partial charge in [0, 0.05) is 27.7 Å². The second-order valence-corrected chi connectivity index (χ2v) is 6.17. The maximum Gasteiger partial charge on any atom is 0.114 e. The normalized spacial score (nSPS) is 11.0. The molecule has 0 amide bonds. The van der Waals surface area contributed by atoms with Crippen molar-refractivity contribution in [2.45, 2.75) is 13.8 Å². The van der Waals surface area contributed by atoms with E-state index < -0.39 is 0 Å². The number of azo groups is 1. The van der Waals surface area contributed by atoms with E-state index in [9.17, 15) is 0 Å². The van der Waals surface area contributed by atoms with Crippen LogP contribution in [0.3, 0.4) is 0 Å². The molecule has 0 N–H and O–H groups in total. The quantitative estimate of drug-likeness (QED) is 0.518. The Kier molecular flexibility index (Phi) is 5.94. The molecule has 0 aliphatic heterocycles. The zero-order valence-electron chi connectivity index (χ0n) is 12.1. The average molecular weight is 411 g/mol. The SMILES string of the molecule is CCN(CC)c1ccc(N=Nc2c(Br)cccc2Br)cc1. The molecular formula is C16H17Br2N3. The van der Waals surface area contributed by atoms with Gasteiger partial charge in [0.15, 0.2) is 0 Å². The minimum atomic E-state index is 0.797. The molecule has 0 aliphatic carbocycles. The summed E-state index contributed by atoms with van der Waals surface area (Å²) < 4.78 is 1.83. The molecule has 0 unspecified atom stereocenters. The maximum absolute atomic E-state index is 4.31. The van der Waals surface area contributed by atoms with E-state index in [0.29, 0.717) is 0 Å². The van der Waals surface area contributed by atoms with Crippen molar-refractivity contribution in [3.05, 3.63) is 51.4 Å². The first-order valence-electron chi connectivity index (χ1n) is 6.86. The summed E-state index contributed by atoms with van der Waals surface area (Å²) in [5, 5.41) is 8.60. The highest BCUT2D eigenvalue weighted by molar-refractivity contribution is 9.11. The van der Waals surface area contributed by atoms with Gasteiger partial charge in [0.05, 0.1) is 5.69 Å². The van der Waals surface area contributed by atoms with Crippen LogP contribution in [0.4, 0.5) is 17.1 Å². The minimum absolute atomic E-state index is 0.797. The van der Waals surface area contributed by atoms with Crippen molar-refractivity contribution in [3.8, 4) is 0 Å². The molecule has 0 aromatic heterocycles. The van der Waals surface area contributed by atoms with E-state index in [1.54, 1.807) is 0 Å². The molecule has 2 aromatic carbocycles. The lowest BCUT2D eigenvalue weighted by Gasteiger charge is -2.20. The Bertz CT molecular complexity index is 600. The fraction of sp³-hybridized carbons (Fsp3) is 0.250. The standard InChI is InChI=1S/C16H17Br2N3/c1-3-21(4-2)13-10-8-12(9-11-13)19-20-16-14(17)6-5-7-15(16)18/h5-11H,3-4H2,1-2H3. The highest BCUT2D eigenvalue weighted by Gasteiger charge is 2.04. The molecule has 0 spiro atoms. The molecule has 3 nitrogen and oxygen atoms in total. The number of anilines is 1. The fourth-order valence-electron chi connectivity index (χ4n) is 2.01. The van der Waals surface area contributed by atoms with Crippen molar-refractivity contribution >= 4 is 48.9 Å². The Hall–Kier alpha value is -1.20. The first-order chi connectivity index (χ1) is 10.2. The van der Waals surface area contributed by atoms with Gasteiger partial charge in [-0.15, -0.1) is 5.11 Å². The molecule has 21 heavy (non-hydrogen) atoms. The van der Waals surface area contributed by atoms with Gasteiger partial charge >= 0.3 is 0 Å². The number of hydrogen-bond donors (Lipinski definition) is 0. The van der Waals surface area contributed by atoms with E-state index >= 15 is 0 Å². The van der Waals surface area contributed by atoms with Crippen molar-refractivity contribution in [2.75, 3.05) is 18.0 Å². The molecule has 0 heterocycles. The lowest BCUT2D eigenvalue weighted by Crippen LogP contribution is -2.21. The molecule has 110 valence electrons. The predicted molar refractivity (Wildman–Crippen MR) is 96.0 cm³/mol. The summed E-state index contributed by atoms with van der Waals surface area (Å²) in [6.45, 7) is 6.31. The van der Waals surface area contributed by atoms with Gasteiger partial charge in [0.1, 0.15) is 5.69 Å². The summed E-state index contributed by atoms with van der Waals surface area (Å²) in [5.74, 6) is 0. The smallest absolute Gasteiger partial charge is 0.114 e. The van der Waals surface area contributed by atoms with Gasteiger partial charge in [-0.2, -0.15) is 5.11 Å². The Morgan fingerprint density at radius 2 is 1.43 bits per heavy atom. The predicted octanol–water partition coefficient (Wildman–Crippen LogP) is 6.47. The monoisotopic (exact) mass is 409 g/mol. The molecule has 0 saturated carbocycles. The largest absolute Gasteiger partial charge is 0.372 e. The van der Waals surface area contributed by atoms with E-state index in [1.807, 2.05) is 30.3 Å². The number of nitrogens with zero attached hydrogens (tertiary/aromatic N) is 3. The summed E-state index contributed by atoms with van der Waals surface area (Å²) in [6, 6.07) is 14.0. The molecule has 0 bridgehead atoms. The molecule has 0 fully saturated rings. The summed E-state index contributed by atoms with van der Waals surface area (Å²) in [4.78, 5) is 2.30. The van der Waals surface area contributed by atoms with E-state index in [2.05, 4.69) is 73.0 Å². The highest BCUT2D eigenvalue weighted by atomic mass is 79.9. The molecule has 2 aromatic rings.